The van der Waals surface area contributed by atoms with Crippen LogP contribution in [0.5, 0.6) is 17.2 Å². The van der Waals surface area contributed by atoms with Crippen molar-refractivity contribution in [3.8, 4) is 17.2 Å². The van der Waals surface area contributed by atoms with Crippen molar-refractivity contribution in [3.63, 3.8) is 0 Å². The standard InChI is InChI=1S/C30H33NO6/c1-18(32)35-24-13-9-20-17-23-22-12-14-25(29-30(22,15-16-31(23)2)27(20)28(24)37-29)36-26(33)6-4-5-19-7-10-21(34-3)11-8-19/h7-14,22-23,25,29H,4-6,15-17H2,1-3H3/t22-,23+,25-,29-,30-/m0/s1. The Labute approximate surface area is 217 Å². The Morgan fingerprint density at radius 3 is 2.70 bits per heavy atom. The van der Waals surface area contributed by atoms with Crippen LogP contribution in [0.2, 0.25) is 0 Å². The van der Waals surface area contributed by atoms with E-state index in [9.17, 15) is 9.59 Å². The van der Waals surface area contributed by atoms with Crippen molar-refractivity contribution in [3.05, 3.63) is 65.2 Å². The lowest BCUT2D eigenvalue weighted by Crippen LogP contribution is -2.65. The Bertz CT molecular complexity index is 1250. The lowest BCUT2D eigenvalue weighted by Gasteiger charge is -2.56. The van der Waals surface area contributed by atoms with Gasteiger partial charge in [0, 0.05) is 36.3 Å². The van der Waals surface area contributed by atoms with Gasteiger partial charge < -0.3 is 23.8 Å². The topological polar surface area (TPSA) is 74.3 Å². The van der Waals surface area contributed by atoms with Crippen molar-refractivity contribution in [1.29, 1.82) is 0 Å². The minimum Gasteiger partial charge on any atom is -0.497 e. The Balaban J connectivity index is 1.23. The SMILES string of the molecule is COc1ccc(CCCC(=O)O[C@H]2C=C[C@H]3[C@H]4Cc5ccc(OC(C)=O)c6c5[C@@]3(CCN4C)[C@H]2O6)cc1. The van der Waals surface area contributed by atoms with E-state index in [1.54, 1.807) is 7.11 Å². The molecule has 2 aliphatic carbocycles. The first-order valence-corrected chi connectivity index (χ1v) is 13.1. The second-order valence-corrected chi connectivity index (χ2v) is 10.7. The zero-order chi connectivity index (χ0) is 25.7. The largest absolute Gasteiger partial charge is 0.497 e. The van der Waals surface area contributed by atoms with E-state index < -0.39 is 6.10 Å². The molecule has 0 saturated carbocycles. The summed E-state index contributed by atoms with van der Waals surface area (Å²) in [4.78, 5) is 27.2. The second kappa shape index (κ2) is 9.21. The number of carbonyl (C=O) groups is 2. The molecule has 2 heterocycles. The summed E-state index contributed by atoms with van der Waals surface area (Å²) >= 11 is 0. The third kappa shape index (κ3) is 3.91. The van der Waals surface area contributed by atoms with Crippen LogP contribution in [0.4, 0.5) is 0 Å². The molecule has 194 valence electrons. The summed E-state index contributed by atoms with van der Waals surface area (Å²) in [5, 5.41) is 0. The van der Waals surface area contributed by atoms with Gasteiger partial charge in [0.1, 0.15) is 11.9 Å². The first kappa shape index (κ1) is 24.0. The maximum absolute atomic E-state index is 13.0. The second-order valence-electron chi connectivity index (χ2n) is 10.7. The molecule has 0 unspecified atom stereocenters. The van der Waals surface area contributed by atoms with Crippen LogP contribution in [0.25, 0.3) is 0 Å². The van der Waals surface area contributed by atoms with Crippen molar-refractivity contribution in [2.75, 3.05) is 20.7 Å². The van der Waals surface area contributed by atoms with Gasteiger partial charge >= 0.3 is 11.9 Å². The number of methoxy groups -OCH3 is 1. The van der Waals surface area contributed by atoms with Gasteiger partial charge in [0.25, 0.3) is 0 Å². The van der Waals surface area contributed by atoms with Crippen LogP contribution in [0, 0.1) is 5.92 Å². The minimum absolute atomic E-state index is 0.224. The maximum atomic E-state index is 13.0. The molecule has 37 heavy (non-hydrogen) atoms. The van der Waals surface area contributed by atoms with Crippen LogP contribution >= 0.6 is 0 Å². The Morgan fingerprint density at radius 1 is 1.14 bits per heavy atom. The summed E-state index contributed by atoms with van der Waals surface area (Å²) in [7, 11) is 3.83. The van der Waals surface area contributed by atoms with Gasteiger partial charge in [0.05, 0.1) is 7.11 Å². The zero-order valence-electron chi connectivity index (χ0n) is 21.6. The molecule has 7 heteroatoms. The number of rotatable bonds is 7. The molecule has 1 saturated heterocycles. The Kier molecular flexibility index (Phi) is 5.98. The van der Waals surface area contributed by atoms with E-state index in [-0.39, 0.29) is 29.4 Å². The fourth-order valence-corrected chi connectivity index (χ4v) is 6.99. The highest BCUT2D eigenvalue weighted by Gasteiger charge is 2.65. The third-order valence-electron chi connectivity index (χ3n) is 8.64. The zero-order valence-corrected chi connectivity index (χ0v) is 21.6. The molecule has 2 aliphatic heterocycles. The molecule has 5 atom stereocenters. The smallest absolute Gasteiger partial charge is 0.308 e. The Morgan fingerprint density at radius 2 is 1.95 bits per heavy atom. The molecule has 4 aliphatic rings. The average Bonchev–Trinajstić information content (AvgIpc) is 3.24. The number of piperidine rings is 1. The number of hydrogen-bond acceptors (Lipinski definition) is 7. The van der Waals surface area contributed by atoms with E-state index in [2.05, 4.69) is 24.1 Å². The van der Waals surface area contributed by atoms with Crippen LogP contribution in [-0.2, 0) is 32.6 Å². The van der Waals surface area contributed by atoms with E-state index in [0.29, 0.717) is 30.4 Å². The lowest BCUT2D eigenvalue weighted by molar-refractivity contribution is -0.155. The molecule has 6 rings (SSSR count). The summed E-state index contributed by atoms with van der Waals surface area (Å²) in [5.41, 5.74) is 3.25. The number of likely N-dealkylation sites (tertiary alicyclic amines) is 1. The van der Waals surface area contributed by atoms with Crippen LogP contribution < -0.4 is 14.2 Å². The first-order chi connectivity index (χ1) is 17.9. The lowest BCUT2D eigenvalue weighted by atomic mass is 9.53. The summed E-state index contributed by atoms with van der Waals surface area (Å²) < 4.78 is 23.4. The van der Waals surface area contributed by atoms with E-state index >= 15 is 0 Å². The average molecular weight is 504 g/mol. The normalized spacial score (nSPS) is 28.7. The van der Waals surface area contributed by atoms with Crippen LogP contribution in [0.3, 0.4) is 0 Å². The quantitative estimate of drug-likeness (QED) is 0.321. The number of esters is 2. The molecule has 1 spiro atoms. The molecule has 2 aromatic carbocycles. The third-order valence-corrected chi connectivity index (χ3v) is 8.64. The van der Waals surface area contributed by atoms with Gasteiger partial charge in [0.2, 0.25) is 0 Å². The van der Waals surface area contributed by atoms with Crippen molar-refractivity contribution in [2.24, 2.45) is 5.92 Å². The number of ether oxygens (including phenoxy) is 4. The van der Waals surface area contributed by atoms with Gasteiger partial charge in [0.15, 0.2) is 17.6 Å². The number of hydrogen-bond donors (Lipinski definition) is 0. The summed E-state index contributed by atoms with van der Waals surface area (Å²) in [6, 6.07) is 12.2. The number of aryl methyl sites for hydroxylation is 1. The Hall–Kier alpha value is -3.32. The molecule has 0 radical (unpaired) electrons. The van der Waals surface area contributed by atoms with Crippen molar-refractivity contribution >= 4 is 11.9 Å². The van der Waals surface area contributed by atoms with E-state index in [4.69, 9.17) is 18.9 Å². The molecule has 0 aromatic heterocycles. The fraction of sp³-hybridized carbons (Fsp3) is 0.467. The van der Waals surface area contributed by atoms with Crippen LogP contribution in [0.15, 0.2) is 48.6 Å². The van der Waals surface area contributed by atoms with Crippen molar-refractivity contribution in [1.82, 2.24) is 4.90 Å². The van der Waals surface area contributed by atoms with Gasteiger partial charge in [-0.3, -0.25) is 9.59 Å². The van der Waals surface area contributed by atoms with Gasteiger partial charge in [-0.1, -0.05) is 24.3 Å². The minimum atomic E-state index is -0.489. The number of likely N-dealkylation sites (N-methyl/N-ethyl adjacent to an activating group) is 1. The monoisotopic (exact) mass is 503 g/mol. The van der Waals surface area contributed by atoms with Crippen LogP contribution in [-0.4, -0.2) is 55.8 Å². The predicted octanol–water partition coefficient (Wildman–Crippen LogP) is 4.00. The number of benzene rings is 2. The van der Waals surface area contributed by atoms with Gasteiger partial charge in [-0.25, -0.2) is 0 Å². The first-order valence-electron chi connectivity index (χ1n) is 13.1. The van der Waals surface area contributed by atoms with E-state index in [1.165, 1.54) is 12.5 Å². The van der Waals surface area contributed by atoms with Crippen LogP contribution in [0.1, 0.15) is 42.9 Å². The van der Waals surface area contributed by atoms with Gasteiger partial charge in [-0.15, -0.1) is 0 Å². The molecule has 1 fully saturated rings. The highest BCUT2D eigenvalue weighted by Crippen LogP contribution is 2.62. The van der Waals surface area contributed by atoms with Crippen molar-refractivity contribution in [2.45, 2.75) is 62.7 Å². The number of carbonyl (C=O) groups excluding carboxylic acids is 2. The van der Waals surface area contributed by atoms with E-state index in [0.717, 1.165) is 42.7 Å². The summed E-state index contributed by atoms with van der Waals surface area (Å²) in [6.07, 6.45) is 7.08. The van der Waals surface area contributed by atoms with Gasteiger partial charge in [-0.2, -0.15) is 0 Å². The fourth-order valence-electron chi connectivity index (χ4n) is 6.99. The summed E-state index contributed by atoms with van der Waals surface area (Å²) in [5.74, 6) is 1.58. The molecule has 2 bridgehead atoms. The maximum Gasteiger partial charge on any atom is 0.308 e. The number of nitrogens with zero attached hydrogens (tertiary/aromatic N) is 1. The molecule has 2 aromatic rings. The highest BCUT2D eigenvalue weighted by atomic mass is 16.6. The molecule has 0 amide bonds. The van der Waals surface area contributed by atoms with Crippen molar-refractivity contribution < 1.29 is 28.5 Å². The molecule has 7 nitrogen and oxygen atoms in total. The predicted molar refractivity (Wildman–Crippen MR) is 137 cm³/mol. The molecule has 0 N–H and O–H groups in total. The van der Waals surface area contributed by atoms with E-state index in [1.807, 2.05) is 36.4 Å². The summed E-state index contributed by atoms with van der Waals surface area (Å²) in [6.45, 7) is 2.34. The highest BCUT2D eigenvalue weighted by molar-refractivity contribution is 5.73. The molecular formula is C30H33NO6. The molecular weight excluding hydrogens is 470 g/mol. The van der Waals surface area contributed by atoms with Gasteiger partial charge in [-0.05, 0) is 74.7 Å².